The topological polar surface area (TPSA) is 52.5 Å². The van der Waals surface area contributed by atoms with Crippen LogP contribution in [-0.4, -0.2) is 10.2 Å². The summed E-state index contributed by atoms with van der Waals surface area (Å²) >= 11 is 4.70. The Bertz CT molecular complexity index is 296. The molecule has 1 heterocycles. The molecule has 1 aromatic rings. The van der Waals surface area contributed by atoms with Crippen LogP contribution >= 0.6 is 12.2 Å². The molecule has 3 nitrogen and oxygen atoms in total. The van der Waals surface area contributed by atoms with Gasteiger partial charge < -0.3 is 0 Å². The number of hydrogen-bond acceptors (Lipinski definition) is 3. The normalized spacial score (nSPS) is 8.33. The molecule has 9 heavy (non-hydrogen) atoms. The first-order chi connectivity index (χ1) is 4.33. The minimum Gasteiger partial charge on any atom is -0.268 e. The van der Waals surface area contributed by atoms with Crippen LogP contribution in [0.2, 0.25) is 0 Å². The molecule has 1 N–H and O–H groups in total. The molecule has 0 aromatic carbocycles. The average molecular weight is 137 g/mol. The standard InChI is InChI=1S/C5H3N3S/c6-2-4-1-5(9)8-7-3-4/h1,3H,(H,8,9). The van der Waals surface area contributed by atoms with Crippen molar-refractivity contribution in [3.63, 3.8) is 0 Å². The van der Waals surface area contributed by atoms with Crippen LogP contribution in [0, 0.1) is 16.0 Å². The molecule has 44 valence electrons. The molecule has 0 saturated carbocycles. The molecule has 0 bridgehead atoms. The van der Waals surface area contributed by atoms with Gasteiger partial charge in [0.1, 0.15) is 10.7 Å². The van der Waals surface area contributed by atoms with Crippen molar-refractivity contribution in [2.24, 2.45) is 0 Å². The Labute approximate surface area is 57.0 Å². The highest BCUT2D eigenvalue weighted by molar-refractivity contribution is 7.71. The van der Waals surface area contributed by atoms with Crippen molar-refractivity contribution in [1.29, 1.82) is 5.26 Å². The van der Waals surface area contributed by atoms with Crippen LogP contribution in [0.5, 0.6) is 0 Å². The Hall–Kier alpha value is -1.21. The van der Waals surface area contributed by atoms with Crippen molar-refractivity contribution < 1.29 is 0 Å². The maximum Gasteiger partial charge on any atom is 0.120 e. The number of aromatic nitrogens is 2. The molecule has 0 aliphatic heterocycles. The SMILES string of the molecule is N#Cc1cn[nH]c(=S)c1. The quantitative estimate of drug-likeness (QED) is 0.543. The van der Waals surface area contributed by atoms with Crippen LogP contribution in [0.25, 0.3) is 0 Å². The minimum absolute atomic E-state index is 0.481. The van der Waals surface area contributed by atoms with Gasteiger partial charge in [-0.05, 0) is 6.07 Å². The average Bonchev–Trinajstić information content (AvgIpc) is 1.88. The van der Waals surface area contributed by atoms with Crippen molar-refractivity contribution in [2.75, 3.05) is 0 Å². The summed E-state index contributed by atoms with van der Waals surface area (Å²) < 4.78 is 0.481. The third kappa shape index (κ3) is 1.34. The third-order valence-corrected chi connectivity index (χ3v) is 1.00. The highest BCUT2D eigenvalue weighted by Crippen LogP contribution is 1.90. The smallest absolute Gasteiger partial charge is 0.120 e. The summed E-state index contributed by atoms with van der Waals surface area (Å²) in [7, 11) is 0. The summed E-state index contributed by atoms with van der Waals surface area (Å²) in [6, 6.07) is 3.48. The van der Waals surface area contributed by atoms with E-state index < -0.39 is 0 Å². The van der Waals surface area contributed by atoms with Crippen molar-refractivity contribution in [2.45, 2.75) is 0 Å². The lowest BCUT2D eigenvalue weighted by molar-refractivity contribution is 1.01. The fourth-order valence-corrected chi connectivity index (χ4v) is 0.617. The summed E-state index contributed by atoms with van der Waals surface area (Å²) in [5, 5.41) is 14.4. The molecule has 0 radical (unpaired) electrons. The zero-order valence-corrected chi connectivity index (χ0v) is 5.27. The second-order valence-corrected chi connectivity index (χ2v) is 1.89. The van der Waals surface area contributed by atoms with Crippen LogP contribution in [0.1, 0.15) is 5.56 Å². The zero-order chi connectivity index (χ0) is 6.69. The maximum atomic E-state index is 8.31. The Kier molecular flexibility index (Phi) is 1.56. The summed E-state index contributed by atoms with van der Waals surface area (Å²) in [4.78, 5) is 0. The lowest BCUT2D eigenvalue weighted by Gasteiger charge is -1.82. The van der Waals surface area contributed by atoms with E-state index in [1.54, 1.807) is 6.07 Å². The first-order valence-corrected chi connectivity index (χ1v) is 2.68. The van der Waals surface area contributed by atoms with E-state index >= 15 is 0 Å². The van der Waals surface area contributed by atoms with Crippen LogP contribution in [0.3, 0.4) is 0 Å². The van der Waals surface area contributed by atoms with Gasteiger partial charge >= 0.3 is 0 Å². The molecule has 0 amide bonds. The second kappa shape index (κ2) is 2.37. The van der Waals surface area contributed by atoms with E-state index in [1.165, 1.54) is 6.20 Å². The predicted octanol–water partition coefficient (Wildman–Crippen LogP) is 1.01. The van der Waals surface area contributed by atoms with E-state index in [0.29, 0.717) is 10.2 Å². The number of nitrogens with zero attached hydrogens (tertiary/aromatic N) is 2. The number of nitrogens with one attached hydrogen (secondary N) is 1. The molecule has 0 atom stereocenters. The molecule has 0 spiro atoms. The lowest BCUT2D eigenvalue weighted by Crippen LogP contribution is -1.81. The summed E-state index contributed by atoms with van der Waals surface area (Å²) in [6.45, 7) is 0. The van der Waals surface area contributed by atoms with E-state index in [0.717, 1.165) is 0 Å². The zero-order valence-electron chi connectivity index (χ0n) is 4.46. The van der Waals surface area contributed by atoms with Crippen LogP contribution in [0.15, 0.2) is 12.3 Å². The minimum atomic E-state index is 0.481. The Morgan fingerprint density at radius 2 is 2.56 bits per heavy atom. The molecule has 0 saturated heterocycles. The first kappa shape index (κ1) is 5.92. The van der Waals surface area contributed by atoms with Crippen LogP contribution < -0.4 is 0 Å². The Balaban J connectivity index is 3.28. The monoisotopic (exact) mass is 137 g/mol. The van der Waals surface area contributed by atoms with Gasteiger partial charge in [-0.2, -0.15) is 10.4 Å². The van der Waals surface area contributed by atoms with Gasteiger partial charge in [-0.25, -0.2) is 0 Å². The molecule has 1 aromatic heterocycles. The molecule has 1 rings (SSSR count). The molecular formula is C5H3N3S. The summed E-state index contributed by atoms with van der Waals surface area (Å²) in [6.07, 6.45) is 1.43. The Morgan fingerprint density at radius 3 is 3.00 bits per heavy atom. The van der Waals surface area contributed by atoms with Crippen molar-refractivity contribution in [1.82, 2.24) is 10.2 Å². The summed E-state index contributed by atoms with van der Waals surface area (Å²) in [5.41, 5.74) is 0.485. The second-order valence-electron chi connectivity index (χ2n) is 1.45. The highest BCUT2D eigenvalue weighted by atomic mass is 32.1. The number of aromatic amines is 1. The molecular weight excluding hydrogens is 134 g/mol. The predicted molar refractivity (Wildman–Crippen MR) is 34.1 cm³/mol. The summed E-state index contributed by atoms with van der Waals surface area (Å²) in [5.74, 6) is 0. The largest absolute Gasteiger partial charge is 0.268 e. The molecule has 0 aliphatic carbocycles. The van der Waals surface area contributed by atoms with E-state index in [-0.39, 0.29) is 0 Å². The van der Waals surface area contributed by atoms with E-state index in [9.17, 15) is 0 Å². The molecule has 4 heteroatoms. The number of H-pyrrole nitrogens is 1. The fourth-order valence-electron chi connectivity index (χ4n) is 0.437. The van der Waals surface area contributed by atoms with Gasteiger partial charge in [0.2, 0.25) is 0 Å². The van der Waals surface area contributed by atoms with Gasteiger partial charge in [0.25, 0.3) is 0 Å². The third-order valence-electron chi connectivity index (χ3n) is 0.794. The van der Waals surface area contributed by atoms with Crippen molar-refractivity contribution in [3.8, 4) is 6.07 Å². The van der Waals surface area contributed by atoms with Gasteiger partial charge in [-0.3, -0.25) is 5.10 Å². The van der Waals surface area contributed by atoms with E-state index in [2.05, 4.69) is 10.2 Å². The lowest BCUT2D eigenvalue weighted by atomic mass is 10.3. The van der Waals surface area contributed by atoms with Gasteiger partial charge in [0.15, 0.2) is 0 Å². The van der Waals surface area contributed by atoms with E-state index in [4.69, 9.17) is 17.5 Å². The van der Waals surface area contributed by atoms with E-state index in [1.807, 2.05) is 6.07 Å². The van der Waals surface area contributed by atoms with Gasteiger partial charge in [-0.1, -0.05) is 12.2 Å². The first-order valence-electron chi connectivity index (χ1n) is 2.28. The van der Waals surface area contributed by atoms with Gasteiger partial charge in [-0.15, -0.1) is 0 Å². The maximum absolute atomic E-state index is 8.31. The number of rotatable bonds is 0. The van der Waals surface area contributed by atoms with Crippen molar-refractivity contribution >= 4 is 12.2 Å². The van der Waals surface area contributed by atoms with Gasteiger partial charge in [0, 0.05) is 0 Å². The fraction of sp³-hybridized carbons (Fsp3) is 0. The Morgan fingerprint density at radius 1 is 1.78 bits per heavy atom. The van der Waals surface area contributed by atoms with Crippen molar-refractivity contribution in [3.05, 3.63) is 22.5 Å². The highest BCUT2D eigenvalue weighted by Gasteiger charge is 1.84. The molecule has 0 fully saturated rings. The molecule has 0 aliphatic rings. The van der Waals surface area contributed by atoms with Crippen LogP contribution in [-0.2, 0) is 0 Å². The molecule has 0 unspecified atom stereocenters. The number of hydrogen-bond donors (Lipinski definition) is 1. The van der Waals surface area contributed by atoms with Crippen LogP contribution in [0.4, 0.5) is 0 Å². The van der Waals surface area contributed by atoms with Gasteiger partial charge in [0.05, 0.1) is 11.8 Å². The number of nitriles is 1.